The summed E-state index contributed by atoms with van der Waals surface area (Å²) in [5, 5.41) is 0. The number of halogens is 1. The van der Waals surface area contributed by atoms with E-state index in [0.29, 0.717) is 24.2 Å². The predicted molar refractivity (Wildman–Crippen MR) is 143 cm³/mol. The maximum atomic E-state index is 14.0. The topological polar surface area (TPSA) is 71.9 Å². The number of hydrogen-bond acceptors (Lipinski definition) is 4. The van der Waals surface area contributed by atoms with E-state index < -0.39 is 11.5 Å². The van der Waals surface area contributed by atoms with Crippen molar-refractivity contribution in [2.45, 2.75) is 37.1 Å². The Bertz CT molecular complexity index is 1430. The van der Waals surface area contributed by atoms with E-state index in [2.05, 4.69) is 0 Å². The molecule has 3 heterocycles. The third-order valence-corrected chi connectivity index (χ3v) is 8.87. The minimum absolute atomic E-state index is 0.00151. The highest BCUT2D eigenvalue weighted by Gasteiger charge is 2.64. The number of hydrogen-bond donors (Lipinski definition) is 0. The summed E-state index contributed by atoms with van der Waals surface area (Å²) in [5.41, 5.74) is 2.40. The van der Waals surface area contributed by atoms with Gasteiger partial charge in [-0.15, -0.1) is 0 Å². The van der Waals surface area contributed by atoms with Crippen LogP contribution in [-0.4, -0.2) is 64.4 Å². The number of esters is 1. The molecule has 1 aliphatic carbocycles. The van der Waals surface area contributed by atoms with Crippen molar-refractivity contribution < 1.29 is 23.5 Å². The number of likely N-dealkylation sites (tertiary alicyclic amines) is 2. The fraction of sp³-hybridized carbons (Fsp3) is 0.387. The molecule has 8 heteroatoms. The van der Waals surface area contributed by atoms with Gasteiger partial charge in [0.05, 0.1) is 7.11 Å². The summed E-state index contributed by atoms with van der Waals surface area (Å²) in [7, 11) is 3.26. The highest BCUT2D eigenvalue weighted by Crippen LogP contribution is 2.55. The zero-order chi connectivity index (χ0) is 27.3. The maximum absolute atomic E-state index is 14.0. The van der Waals surface area contributed by atoms with E-state index in [1.54, 1.807) is 41.3 Å². The van der Waals surface area contributed by atoms with E-state index in [1.165, 1.54) is 19.2 Å². The summed E-state index contributed by atoms with van der Waals surface area (Å²) in [6.45, 7) is 1.87. The van der Waals surface area contributed by atoms with Crippen molar-refractivity contribution in [3.8, 4) is 0 Å². The summed E-state index contributed by atoms with van der Waals surface area (Å²) in [6.07, 6.45) is 2.81. The number of rotatable bonds is 5. The first-order valence-electron chi connectivity index (χ1n) is 13.5. The van der Waals surface area contributed by atoms with Crippen molar-refractivity contribution in [2.75, 3.05) is 26.7 Å². The van der Waals surface area contributed by atoms with Crippen LogP contribution in [0.5, 0.6) is 0 Å². The van der Waals surface area contributed by atoms with Crippen LogP contribution in [0.1, 0.15) is 56.4 Å². The van der Waals surface area contributed by atoms with Crippen molar-refractivity contribution in [1.82, 2.24) is 14.4 Å². The second-order valence-corrected chi connectivity index (χ2v) is 10.9. The van der Waals surface area contributed by atoms with Gasteiger partial charge in [0.25, 0.3) is 11.8 Å². The summed E-state index contributed by atoms with van der Waals surface area (Å²) in [6, 6.07) is 16.9. The number of carbonyl (C=O) groups is 3. The van der Waals surface area contributed by atoms with Gasteiger partial charge in [-0.1, -0.05) is 30.3 Å². The molecule has 2 aliphatic heterocycles. The summed E-state index contributed by atoms with van der Waals surface area (Å²) < 4.78 is 21.2. The molecule has 6 rings (SSSR count). The van der Waals surface area contributed by atoms with Gasteiger partial charge in [0.1, 0.15) is 11.5 Å². The van der Waals surface area contributed by atoms with Crippen molar-refractivity contribution >= 4 is 17.8 Å². The van der Waals surface area contributed by atoms with Crippen LogP contribution in [0.3, 0.4) is 0 Å². The maximum Gasteiger partial charge on any atom is 0.332 e. The lowest BCUT2D eigenvalue weighted by molar-refractivity contribution is -0.153. The molecule has 0 radical (unpaired) electrons. The molecule has 0 bridgehead atoms. The number of ether oxygens (including phenoxy) is 1. The molecule has 0 saturated carbocycles. The van der Waals surface area contributed by atoms with Gasteiger partial charge in [0.2, 0.25) is 0 Å². The molecule has 202 valence electrons. The van der Waals surface area contributed by atoms with Crippen molar-refractivity contribution in [2.24, 2.45) is 13.0 Å². The lowest BCUT2D eigenvalue weighted by atomic mass is 9.75. The van der Waals surface area contributed by atoms with Crippen LogP contribution in [0.15, 0.2) is 60.7 Å². The van der Waals surface area contributed by atoms with Crippen LogP contribution in [0.25, 0.3) is 0 Å². The second kappa shape index (κ2) is 9.67. The Labute approximate surface area is 227 Å². The number of methoxy groups -OCH3 is 1. The fourth-order valence-corrected chi connectivity index (χ4v) is 7.09. The van der Waals surface area contributed by atoms with Gasteiger partial charge in [0, 0.05) is 50.3 Å². The average Bonchev–Trinajstić information content (AvgIpc) is 3.73. The number of carbonyl (C=O) groups excluding carboxylic acids is 3. The van der Waals surface area contributed by atoms with Gasteiger partial charge >= 0.3 is 5.97 Å². The third-order valence-electron chi connectivity index (χ3n) is 8.87. The van der Waals surface area contributed by atoms with E-state index in [0.717, 1.165) is 42.8 Å². The van der Waals surface area contributed by atoms with Crippen LogP contribution in [0.4, 0.5) is 4.39 Å². The van der Waals surface area contributed by atoms with E-state index in [4.69, 9.17) is 4.74 Å². The molecule has 2 fully saturated rings. The molecule has 0 spiro atoms. The van der Waals surface area contributed by atoms with E-state index in [1.807, 2.05) is 28.6 Å². The quantitative estimate of drug-likeness (QED) is 0.469. The van der Waals surface area contributed by atoms with Crippen LogP contribution < -0.4 is 0 Å². The molecule has 2 saturated heterocycles. The Morgan fingerprint density at radius 1 is 1.00 bits per heavy atom. The lowest BCUT2D eigenvalue weighted by Gasteiger charge is -2.40. The van der Waals surface area contributed by atoms with Crippen molar-refractivity contribution in [1.29, 1.82) is 0 Å². The number of benzene rings is 2. The highest BCUT2D eigenvalue weighted by molar-refractivity contribution is 6.00. The molecule has 3 aromatic rings. The van der Waals surface area contributed by atoms with Crippen molar-refractivity contribution in [3.05, 3.63) is 94.6 Å². The summed E-state index contributed by atoms with van der Waals surface area (Å²) in [4.78, 5) is 45.0. The normalized spacial score (nSPS) is 23.6. The predicted octanol–water partition coefficient (Wildman–Crippen LogP) is 3.97. The summed E-state index contributed by atoms with van der Waals surface area (Å²) >= 11 is 0. The van der Waals surface area contributed by atoms with Gasteiger partial charge in [-0.25, -0.2) is 9.18 Å². The van der Waals surface area contributed by atoms with Gasteiger partial charge in [0.15, 0.2) is 5.54 Å². The van der Waals surface area contributed by atoms with Gasteiger partial charge < -0.3 is 19.1 Å². The Balaban J connectivity index is 1.49. The van der Waals surface area contributed by atoms with Gasteiger partial charge in [-0.05, 0) is 66.6 Å². The minimum atomic E-state index is -1.36. The van der Waals surface area contributed by atoms with Gasteiger partial charge in [-0.2, -0.15) is 0 Å². The fourth-order valence-electron chi connectivity index (χ4n) is 7.09. The lowest BCUT2D eigenvalue weighted by Crippen LogP contribution is -2.58. The third kappa shape index (κ3) is 3.96. The number of aromatic nitrogens is 1. The molecular weight excluding hydrogens is 497 g/mol. The molecule has 0 N–H and O–H groups in total. The summed E-state index contributed by atoms with van der Waals surface area (Å²) in [5.74, 6) is -1.52. The van der Waals surface area contributed by atoms with Crippen molar-refractivity contribution in [3.63, 3.8) is 0 Å². The zero-order valence-corrected chi connectivity index (χ0v) is 22.2. The van der Waals surface area contributed by atoms with E-state index >= 15 is 0 Å². The Kier molecular flexibility index (Phi) is 6.28. The molecule has 0 unspecified atom stereocenters. The molecular formula is C31H32FN3O4. The van der Waals surface area contributed by atoms with Crippen LogP contribution in [0.2, 0.25) is 0 Å². The van der Waals surface area contributed by atoms with Gasteiger partial charge in [-0.3, -0.25) is 9.59 Å². The molecule has 2 amide bonds. The first-order valence-corrected chi connectivity index (χ1v) is 13.5. The standard InChI is InChI=1S/C31H32FN3O4/c1-33-25-16-22-19-35(28(36)21-8-4-3-5-9-21)31(30(38)39-2,18-20-10-12-23(32)13-11-20)27(22)24(25)17-26(33)29(37)34-14-6-7-15-34/h3-5,8-13,17,22,27H,6-7,14-16,18-19H2,1-2H3/t22-,27+,31+/m0/s1. The monoisotopic (exact) mass is 529 g/mol. The molecule has 39 heavy (non-hydrogen) atoms. The Morgan fingerprint density at radius 2 is 1.69 bits per heavy atom. The highest BCUT2D eigenvalue weighted by atomic mass is 19.1. The first-order chi connectivity index (χ1) is 18.8. The largest absolute Gasteiger partial charge is 0.467 e. The molecule has 1 aromatic heterocycles. The van der Waals surface area contributed by atoms with E-state index in [-0.39, 0.29) is 35.9 Å². The number of nitrogens with zero attached hydrogens (tertiary/aromatic N) is 3. The molecule has 7 nitrogen and oxygen atoms in total. The zero-order valence-electron chi connectivity index (χ0n) is 22.2. The van der Waals surface area contributed by atoms with Crippen LogP contribution in [-0.2, 0) is 29.4 Å². The van der Waals surface area contributed by atoms with E-state index in [9.17, 15) is 18.8 Å². The average molecular weight is 530 g/mol. The number of fused-ring (bicyclic) bond motifs is 3. The minimum Gasteiger partial charge on any atom is -0.467 e. The Hall–Kier alpha value is -3.94. The number of amides is 2. The molecule has 2 aromatic carbocycles. The van der Waals surface area contributed by atoms with Crippen LogP contribution in [0, 0.1) is 11.7 Å². The van der Waals surface area contributed by atoms with Crippen LogP contribution >= 0.6 is 0 Å². The molecule has 3 aliphatic rings. The smallest absolute Gasteiger partial charge is 0.332 e. The first kappa shape index (κ1) is 25.3. The SMILES string of the molecule is COC(=O)[C@@]1(Cc2ccc(F)cc2)[C@H]2c3cc(C(=O)N4CCCC4)n(C)c3C[C@H]2CN1C(=O)c1ccccc1. The second-order valence-electron chi connectivity index (χ2n) is 10.9. The Morgan fingerprint density at radius 3 is 2.36 bits per heavy atom. The molecule has 3 atom stereocenters.